The van der Waals surface area contributed by atoms with Gasteiger partial charge in [-0.15, -0.1) is 0 Å². The molecule has 0 N–H and O–H groups in total. The van der Waals surface area contributed by atoms with Crippen molar-refractivity contribution in [2.75, 3.05) is 26.2 Å². The maximum Gasteiger partial charge on any atom is 0.0223 e. The van der Waals surface area contributed by atoms with E-state index >= 15 is 0 Å². The van der Waals surface area contributed by atoms with E-state index in [-0.39, 0.29) is 0 Å². The molecule has 0 aromatic rings. The van der Waals surface area contributed by atoms with Crippen LogP contribution in [-0.4, -0.2) is 48.1 Å². The first-order chi connectivity index (χ1) is 6.27. The fraction of sp³-hybridized carbons (Fsp3) is 1.00. The third-order valence-corrected chi connectivity index (χ3v) is 3.60. The summed E-state index contributed by atoms with van der Waals surface area (Å²) >= 11 is 0. The molecule has 2 heterocycles. The number of piperazine rings is 1. The molecule has 2 heteroatoms. The highest BCUT2D eigenvalue weighted by Crippen LogP contribution is 2.21. The van der Waals surface area contributed by atoms with Crippen LogP contribution in [0.4, 0.5) is 0 Å². The Kier molecular flexibility index (Phi) is 2.89. The third-order valence-electron chi connectivity index (χ3n) is 3.60. The lowest BCUT2D eigenvalue weighted by molar-refractivity contribution is 0.0348. The topological polar surface area (TPSA) is 6.48 Å². The van der Waals surface area contributed by atoms with Crippen LogP contribution in [-0.2, 0) is 0 Å². The zero-order valence-corrected chi connectivity index (χ0v) is 9.00. The monoisotopic (exact) mass is 182 g/mol. The van der Waals surface area contributed by atoms with Gasteiger partial charge in [-0.1, -0.05) is 6.42 Å². The van der Waals surface area contributed by atoms with Crippen molar-refractivity contribution in [2.24, 2.45) is 0 Å². The van der Waals surface area contributed by atoms with E-state index in [2.05, 4.69) is 23.6 Å². The number of piperidine rings is 1. The average Bonchev–Trinajstić information content (AvgIpc) is 2.17. The van der Waals surface area contributed by atoms with E-state index in [1.54, 1.807) is 0 Å². The third kappa shape index (κ3) is 2.05. The molecular weight excluding hydrogens is 160 g/mol. The standard InChI is InChI=1S/C11H22N2/c1-10(2)13-8-7-12-6-4-3-5-11(12)9-13/h10-11H,3-9H2,1-2H3/t11-/m1/s1. The van der Waals surface area contributed by atoms with E-state index in [9.17, 15) is 0 Å². The molecule has 1 atom stereocenters. The molecule has 2 aliphatic heterocycles. The Balaban J connectivity index is 1.91. The number of hydrogen-bond acceptors (Lipinski definition) is 2. The largest absolute Gasteiger partial charge is 0.298 e. The van der Waals surface area contributed by atoms with E-state index in [1.807, 2.05) is 0 Å². The molecule has 0 bridgehead atoms. The van der Waals surface area contributed by atoms with Crippen LogP contribution >= 0.6 is 0 Å². The van der Waals surface area contributed by atoms with Crippen molar-refractivity contribution in [1.82, 2.24) is 9.80 Å². The van der Waals surface area contributed by atoms with Crippen LogP contribution in [0, 0.1) is 0 Å². The van der Waals surface area contributed by atoms with Crippen molar-refractivity contribution in [1.29, 1.82) is 0 Å². The Labute approximate surface area is 81.9 Å². The fourth-order valence-corrected chi connectivity index (χ4v) is 2.65. The van der Waals surface area contributed by atoms with Gasteiger partial charge < -0.3 is 0 Å². The van der Waals surface area contributed by atoms with Gasteiger partial charge in [0, 0.05) is 31.7 Å². The SMILES string of the molecule is CC(C)N1CCN2CCCC[C@@H]2C1. The normalized spacial score (nSPS) is 32.1. The van der Waals surface area contributed by atoms with Crippen LogP contribution in [0.25, 0.3) is 0 Å². The van der Waals surface area contributed by atoms with Gasteiger partial charge in [0.05, 0.1) is 0 Å². The van der Waals surface area contributed by atoms with Crippen molar-refractivity contribution in [3.8, 4) is 0 Å². The van der Waals surface area contributed by atoms with E-state index in [4.69, 9.17) is 0 Å². The highest BCUT2D eigenvalue weighted by molar-refractivity contribution is 4.85. The van der Waals surface area contributed by atoms with Crippen LogP contribution in [0.15, 0.2) is 0 Å². The minimum atomic E-state index is 0.740. The van der Waals surface area contributed by atoms with Gasteiger partial charge in [0.2, 0.25) is 0 Å². The van der Waals surface area contributed by atoms with E-state index in [1.165, 1.54) is 45.4 Å². The summed E-state index contributed by atoms with van der Waals surface area (Å²) in [6.07, 6.45) is 4.31. The van der Waals surface area contributed by atoms with Crippen molar-refractivity contribution in [2.45, 2.75) is 45.2 Å². The van der Waals surface area contributed by atoms with Gasteiger partial charge in [0.15, 0.2) is 0 Å². The van der Waals surface area contributed by atoms with E-state index < -0.39 is 0 Å². The molecule has 0 radical (unpaired) electrons. The summed E-state index contributed by atoms with van der Waals surface area (Å²) in [6.45, 7) is 9.91. The summed E-state index contributed by atoms with van der Waals surface area (Å²) in [5, 5.41) is 0. The molecule has 2 rings (SSSR count). The van der Waals surface area contributed by atoms with Crippen molar-refractivity contribution in [3.05, 3.63) is 0 Å². The maximum atomic E-state index is 2.70. The Morgan fingerprint density at radius 3 is 2.69 bits per heavy atom. The first kappa shape index (κ1) is 9.47. The minimum absolute atomic E-state index is 0.740. The van der Waals surface area contributed by atoms with Crippen LogP contribution in [0.5, 0.6) is 0 Å². The predicted molar refractivity (Wildman–Crippen MR) is 55.9 cm³/mol. The quantitative estimate of drug-likeness (QED) is 0.607. The Hall–Kier alpha value is -0.0800. The second-order valence-corrected chi connectivity index (χ2v) is 4.77. The fourth-order valence-electron chi connectivity index (χ4n) is 2.65. The highest BCUT2D eigenvalue weighted by atomic mass is 15.3. The molecule has 2 aliphatic rings. The second kappa shape index (κ2) is 3.97. The lowest BCUT2D eigenvalue weighted by Gasteiger charge is -2.45. The molecule has 2 fully saturated rings. The molecular formula is C11H22N2. The molecule has 13 heavy (non-hydrogen) atoms. The summed E-state index contributed by atoms with van der Waals surface area (Å²) in [5.74, 6) is 0. The van der Waals surface area contributed by atoms with E-state index in [0.717, 1.165) is 12.1 Å². The van der Waals surface area contributed by atoms with Gasteiger partial charge in [-0.05, 0) is 33.2 Å². The average molecular weight is 182 g/mol. The first-order valence-electron chi connectivity index (χ1n) is 5.75. The van der Waals surface area contributed by atoms with E-state index in [0.29, 0.717) is 0 Å². The number of nitrogens with zero attached hydrogens (tertiary/aromatic N) is 2. The molecule has 0 aliphatic carbocycles. The summed E-state index contributed by atoms with van der Waals surface area (Å²) in [5.41, 5.74) is 0. The maximum absolute atomic E-state index is 2.70. The zero-order chi connectivity index (χ0) is 9.26. The van der Waals surface area contributed by atoms with Crippen molar-refractivity contribution >= 4 is 0 Å². The summed E-state index contributed by atoms with van der Waals surface area (Å²) < 4.78 is 0. The zero-order valence-electron chi connectivity index (χ0n) is 9.00. The number of rotatable bonds is 1. The molecule has 0 unspecified atom stereocenters. The summed E-state index contributed by atoms with van der Waals surface area (Å²) in [6, 6.07) is 1.62. The van der Waals surface area contributed by atoms with Gasteiger partial charge in [-0.25, -0.2) is 0 Å². The molecule has 0 saturated carbocycles. The lowest BCUT2D eigenvalue weighted by Crippen LogP contribution is -2.56. The molecule has 76 valence electrons. The Bertz CT molecular complexity index is 167. The molecule has 2 saturated heterocycles. The van der Waals surface area contributed by atoms with Crippen molar-refractivity contribution in [3.63, 3.8) is 0 Å². The van der Waals surface area contributed by atoms with Gasteiger partial charge in [0.1, 0.15) is 0 Å². The smallest absolute Gasteiger partial charge is 0.0223 e. The number of fused-ring (bicyclic) bond motifs is 1. The van der Waals surface area contributed by atoms with Crippen LogP contribution in [0.1, 0.15) is 33.1 Å². The van der Waals surface area contributed by atoms with Gasteiger partial charge in [-0.2, -0.15) is 0 Å². The Morgan fingerprint density at radius 2 is 1.92 bits per heavy atom. The molecule has 0 spiro atoms. The highest BCUT2D eigenvalue weighted by Gasteiger charge is 2.29. The van der Waals surface area contributed by atoms with Crippen molar-refractivity contribution < 1.29 is 0 Å². The van der Waals surface area contributed by atoms with Gasteiger partial charge >= 0.3 is 0 Å². The summed E-state index contributed by atoms with van der Waals surface area (Å²) in [7, 11) is 0. The predicted octanol–water partition coefficient (Wildman–Crippen LogP) is 1.56. The summed E-state index contributed by atoms with van der Waals surface area (Å²) in [4.78, 5) is 5.33. The molecule has 0 amide bonds. The molecule has 0 aromatic heterocycles. The Morgan fingerprint density at radius 1 is 1.08 bits per heavy atom. The van der Waals surface area contributed by atoms with Crippen LogP contribution in [0.3, 0.4) is 0 Å². The molecule has 0 aromatic carbocycles. The van der Waals surface area contributed by atoms with Gasteiger partial charge in [-0.3, -0.25) is 9.80 Å². The van der Waals surface area contributed by atoms with Crippen LogP contribution in [0.2, 0.25) is 0 Å². The minimum Gasteiger partial charge on any atom is -0.298 e. The second-order valence-electron chi connectivity index (χ2n) is 4.77. The first-order valence-corrected chi connectivity index (χ1v) is 5.75. The number of hydrogen-bond donors (Lipinski definition) is 0. The van der Waals surface area contributed by atoms with Crippen LogP contribution < -0.4 is 0 Å². The van der Waals surface area contributed by atoms with Gasteiger partial charge in [0.25, 0.3) is 0 Å². The molecule has 2 nitrogen and oxygen atoms in total. The lowest BCUT2D eigenvalue weighted by atomic mass is 9.99.